The number of aromatic nitrogens is 2. The Labute approximate surface area is 130 Å². The molecule has 0 bridgehead atoms. The van der Waals surface area contributed by atoms with Gasteiger partial charge in [-0.15, -0.1) is 22.0 Å². The van der Waals surface area contributed by atoms with Gasteiger partial charge in [0.05, 0.1) is 5.25 Å². The van der Waals surface area contributed by atoms with E-state index in [1.165, 1.54) is 11.1 Å². The zero-order valence-corrected chi connectivity index (χ0v) is 13.8. The summed E-state index contributed by atoms with van der Waals surface area (Å²) in [6.07, 6.45) is 0. The summed E-state index contributed by atoms with van der Waals surface area (Å²) in [6, 6.07) is 6.14. The highest BCUT2D eigenvalue weighted by molar-refractivity contribution is 7.99. The smallest absolute Gasteiger partial charge is 0.247 e. The first-order valence-electron chi connectivity index (χ1n) is 7.14. The molecule has 0 saturated carbocycles. The van der Waals surface area contributed by atoms with Crippen LogP contribution in [0.4, 0.5) is 0 Å². The van der Waals surface area contributed by atoms with Crippen molar-refractivity contribution in [2.75, 3.05) is 12.4 Å². The third-order valence-corrected chi connectivity index (χ3v) is 4.95. The van der Waals surface area contributed by atoms with Crippen LogP contribution in [-0.2, 0) is 0 Å². The molecule has 2 aromatic rings. The van der Waals surface area contributed by atoms with E-state index >= 15 is 0 Å². The van der Waals surface area contributed by atoms with Gasteiger partial charge in [0.25, 0.3) is 0 Å². The maximum atomic E-state index is 9.05. The fraction of sp³-hybridized carbons (Fsp3) is 0.500. The maximum absolute atomic E-state index is 9.05. The molecule has 0 aliphatic heterocycles. The lowest BCUT2D eigenvalue weighted by Gasteiger charge is -2.10. The third-order valence-electron chi connectivity index (χ3n) is 3.48. The Kier molecular flexibility index (Phi) is 5.42. The first-order valence-corrected chi connectivity index (χ1v) is 8.19. The van der Waals surface area contributed by atoms with Crippen molar-refractivity contribution in [2.24, 2.45) is 5.92 Å². The van der Waals surface area contributed by atoms with Crippen molar-refractivity contribution in [3.05, 3.63) is 35.2 Å². The quantitative estimate of drug-likeness (QED) is 0.880. The monoisotopic (exact) mass is 306 g/mol. The van der Waals surface area contributed by atoms with Gasteiger partial charge in [0.1, 0.15) is 0 Å². The van der Waals surface area contributed by atoms with E-state index in [4.69, 9.17) is 9.52 Å². The van der Waals surface area contributed by atoms with E-state index in [0.29, 0.717) is 11.8 Å². The first-order chi connectivity index (χ1) is 10.0. The SMILES string of the molecule is Cc1ccc(-c2nnc(C(C)SCC(C)CO)o2)cc1C. The van der Waals surface area contributed by atoms with E-state index in [0.717, 1.165) is 11.3 Å². The number of hydrogen-bond acceptors (Lipinski definition) is 5. The van der Waals surface area contributed by atoms with Gasteiger partial charge in [-0.25, -0.2) is 0 Å². The number of thioether (sulfide) groups is 1. The second-order valence-corrected chi connectivity index (χ2v) is 6.88. The lowest BCUT2D eigenvalue weighted by Crippen LogP contribution is -2.04. The summed E-state index contributed by atoms with van der Waals surface area (Å²) in [5.41, 5.74) is 3.42. The van der Waals surface area contributed by atoms with E-state index in [2.05, 4.69) is 36.2 Å². The van der Waals surface area contributed by atoms with E-state index in [9.17, 15) is 0 Å². The average Bonchev–Trinajstić information content (AvgIpc) is 2.97. The molecule has 21 heavy (non-hydrogen) atoms. The van der Waals surface area contributed by atoms with Crippen LogP contribution in [0.3, 0.4) is 0 Å². The summed E-state index contributed by atoms with van der Waals surface area (Å²) in [7, 11) is 0. The van der Waals surface area contributed by atoms with Crippen LogP contribution in [0.1, 0.15) is 36.1 Å². The molecule has 2 rings (SSSR count). The van der Waals surface area contributed by atoms with Crippen molar-refractivity contribution in [3.63, 3.8) is 0 Å². The number of rotatable bonds is 6. The largest absolute Gasteiger partial charge is 0.420 e. The molecule has 0 fully saturated rings. The maximum Gasteiger partial charge on any atom is 0.247 e. The summed E-state index contributed by atoms with van der Waals surface area (Å²) in [5, 5.41) is 17.5. The van der Waals surface area contributed by atoms with Gasteiger partial charge in [-0.05, 0) is 55.7 Å². The van der Waals surface area contributed by atoms with Gasteiger partial charge in [-0.3, -0.25) is 0 Å². The zero-order valence-electron chi connectivity index (χ0n) is 13.0. The normalized spacial score (nSPS) is 14.1. The zero-order chi connectivity index (χ0) is 15.4. The Morgan fingerprint density at radius 1 is 1.19 bits per heavy atom. The van der Waals surface area contributed by atoms with E-state index in [-0.39, 0.29) is 17.8 Å². The van der Waals surface area contributed by atoms with Crippen LogP contribution in [0.15, 0.2) is 22.6 Å². The van der Waals surface area contributed by atoms with Crippen molar-refractivity contribution in [1.29, 1.82) is 0 Å². The number of aliphatic hydroxyl groups excluding tert-OH is 1. The highest BCUT2D eigenvalue weighted by Gasteiger charge is 2.16. The summed E-state index contributed by atoms with van der Waals surface area (Å²) < 4.78 is 5.79. The van der Waals surface area contributed by atoms with Crippen molar-refractivity contribution in [3.8, 4) is 11.5 Å². The van der Waals surface area contributed by atoms with E-state index in [1.807, 2.05) is 19.9 Å². The van der Waals surface area contributed by atoms with Crippen LogP contribution in [0.25, 0.3) is 11.5 Å². The number of aryl methyl sites for hydroxylation is 2. The number of hydrogen-bond donors (Lipinski definition) is 1. The van der Waals surface area contributed by atoms with Gasteiger partial charge in [-0.1, -0.05) is 13.0 Å². The molecule has 1 aromatic carbocycles. The predicted octanol–water partition coefficient (Wildman–Crippen LogP) is 3.78. The number of aliphatic hydroxyl groups is 1. The molecule has 0 amide bonds. The van der Waals surface area contributed by atoms with Crippen molar-refractivity contribution in [1.82, 2.24) is 10.2 Å². The molecule has 2 atom stereocenters. The molecule has 1 N–H and O–H groups in total. The van der Waals surface area contributed by atoms with E-state index < -0.39 is 0 Å². The minimum absolute atomic E-state index is 0.131. The lowest BCUT2D eigenvalue weighted by atomic mass is 10.1. The van der Waals surface area contributed by atoms with Crippen LogP contribution in [0, 0.1) is 19.8 Å². The first kappa shape index (κ1) is 16.0. The van der Waals surface area contributed by atoms with Gasteiger partial charge < -0.3 is 9.52 Å². The van der Waals surface area contributed by atoms with Gasteiger partial charge in [0.15, 0.2) is 0 Å². The van der Waals surface area contributed by atoms with Gasteiger partial charge in [-0.2, -0.15) is 0 Å². The van der Waals surface area contributed by atoms with Crippen molar-refractivity contribution in [2.45, 2.75) is 32.9 Å². The topological polar surface area (TPSA) is 59.2 Å². The molecule has 4 nitrogen and oxygen atoms in total. The highest BCUT2D eigenvalue weighted by atomic mass is 32.2. The fourth-order valence-electron chi connectivity index (χ4n) is 1.82. The Hall–Kier alpha value is -1.33. The number of benzene rings is 1. The minimum Gasteiger partial charge on any atom is -0.420 e. The second-order valence-electron chi connectivity index (χ2n) is 5.51. The third kappa shape index (κ3) is 4.08. The molecule has 1 heterocycles. The molecule has 1 aromatic heterocycles. The average molecular weight is 306 g/mol. The Bertz CT molecular complexity index is 598. The molecule has 0 spiro atoms. The molecule has 0 radical (unpaired) electrons. The second kappa shape index (κ2) is 7.09. The Morgan fingerprint density at radius 3 is 2.62 bits per heavy atom. The summed E-state index contributed by atoms with van der Waals surface area (Å²) in [6.45, 7) is 8.43. The van der Waals surface area contributed by atoms with Crippen molar-refractivity contribution >= 4 is 11.8 Å². The predicted molar refractivity (Wildman–Crippen MR) is 86.3 cm³/mol. The molecule has 0 aliphatic rings. The highest BCUT2D eigenvalue weighted by Crippen LogP contribution is 2.31. The minimum atomic E-state index is 0.131. The Balaban J connectivity index is 2.08. The summed E-state index contributed by atoms with van der Waals surface area (Å²) in [5.74, 6) is 2.35. The summed E-state index contributed by atoms with van der Waals surface area (Å²) in [4.78, 5) is 0. The van der Waals surface area contributed by atoms with Crippen LogP contribution < -0.4 is 0 Å². The molecule has 2 unspecified atom stereocenters. The molecule has 0 saturated heterocycles. The van der Waals surface area contributed by atoms with E-state index in [1.54, 1.807) is 11.8 Å². The standard InChI is InChI=1S/C16H22N2O2S/c1-10(8-19)9-21-13(4)15-17-18-16(20-15)14-6-5-11(2)12(3)7-14/h5-7,10,13,19H,8-9H2,1-4H3. The summed E-state index contributed by atoms with van der Waals surface area (Å²) >= 11 is 1.72. The van der Waals surface area contributed by atoms with Gasteiger partial charge in [0, 0.05) is 12.2 Å². The lowest BCUT2D eigenvalue weighted by molar-refractivity contribution is 0.250. The van der Waals surface area contributed by atoms with Crippen molar-refractivity contribution < 1.29 is 9.52 Å². The fourth-order valence-corrected chi connectivity index (χ4v) is 2.78. The molecule has 0 aliphatic carbocycles. The van der Waals surface area contributed by atoms with Gasteiger partial charge in [0.2, 0.25) is 11.8 Å². The van der Waals surface area contributed by atoms with Crippen LogP contribution in [0.2, 0.25) is 0 Å². The van der Waals surface area contributed by atoms with Crippen LogP contribution in [0.5, 0.6) is 0 Å². The number of nitrogens with zero attached hydrogens (tertiary/aromatic N) is 2. The molecule has 114 valence electrons. The van der Waals surface area contributed by atoms with Crippen LogP contribution >= 0.6 is 11.8 Å². The Morgan fingerprint density at radius 2 is 1.95 bits per heavy atom. The van der Waals surface area contributed by atoms with Crippen LogP contribution in [-0.4, -0.2) is 27.7 Å². The van der Waals surface area contributed by atoms with Gasteiger partial charge >= 0.3 is 0 Å². The molecular formula is C16H22N2O2S. The molecule has 5 heteroatoms. The molecular weight excluding hydrogens is 284 g/mol.